The van der Waals surface area contributed by atoms with E-state index < -0.39 is 0 Å². The summed E-state index contributed by atoms with van der Waals surface area (Å²) in [6.07, 6.45) is 0. The molecule has 4 heteroatoms. The van der Waals surface area contributed by atoms with Crippen molar-refractivity contribution in [2.45, 2.75) is 19.5 Å². The van der Waals surface area contributed by atoms with E-state index in [4.69, 9.17) is 11.6 Å². The molecule has 0 amide bonds. The van der Waals surface area contributed by atoms with Gasteiger partial charge in [-0.05, 0) is 42.3 Å². The lowest BCUT2D eigenvalue weighted by Crippen LogP contribution is -2.18. The zero-order valence-corrected chi connectivity index (χ0v) is 11.2. The highest BCUT2D eigenvalue weighted by Crippen LogP contribution is 2.19. The molecule has 2 aromatic rings. The standard InChI is InChI=1S/C15H14ClF2N/c1-10(11-2-5-13(17)6-3-11)19-9-12-4-7-14(18)8-15(12)16/h2-8,10,19H,9H2,1H3. The second kappa shape index (κ2) is 6.13. The molecule has 0 radical (unpaired) electrons. The van der Waals surface area contributed by atoms with Crippen LogP contribution in [-0.4, -0.2) is 0 Å². The average molecular weight is 282 g/mol. The van der Waals surface area contributed by atoms with Gasteiger partial charge in [-0.15, -0.1) is 0 Å². The predicted molar refractivity (Wildman–Crippen MR) is 73.1 cm³/mol. The normalized spacial score (nSPS) is 12.4. The Morgan fingerprint density at radius 3 is 2.32 bits per heavy atom. The van der Waals surface area contributed by atoms with Gasteiger partial charge in [0.1, 0.15) is 11.6 Å². The molecule has 1 unspecified atom stereocenters. The van der Waals surface area contributed by atoms with Crippen molar-refractivity contribution in [1.29, 1.82) is 0 Å². The number of nitrogens with one attached hydrogen (secondary N) is 1. The highest BCUT2D eigenvalue weighted by Gasteiger charge is 2.07. The zero-order valence-electron chi connectivity index (χ0n) is 10.5. The molecule has 2 aromatic carbocycles. The third-order valence-electron chi connectivity index (χ3n) is 2.98. The quantitative estimate of drug-likeness (QED) is 0.872. The van der Waals surface area contributed by atoms with Crippen molar-refractivity contribution >= 4 is 11.6 Å². The molecule has 0 fully saturated rings. The highest BCUT2D eigenvalue weighted by molar-refractivity contribution is 6.31. The maximum Gasteiger partial charge on any atom is 0.124 e. The lowest BCUT2D eigenvalue weighted by atomic mass is 10.1. The maximum absolute atomic E-state index is 12.9. The minimum Gasteiger partial charge on any atom is -0.306 e. The van der Waals surface area contributed by atoms with E-state index in [1.807, 2.05) is 6.92 Å². The summed E-state index contributed by atoms with van der Waals surface area (Å²) in [6, 6.07) is 10.7. The number of hydrogen-bond acceptors (Lipinski definition) is 1. The summed E-state index contributed by atoms with van der Waals surface area (Å²) < 4.78 is 25.7. The van der Waals surface area contributed by atoms with Crippen molar-refractivity contribution in [3.05, 3.63) is 70.2 Å². The molecule has 0 bridgehead atoms. The smallest absolute Gasteiger partial charge is 0.124 e. The Morgan fingerprint density at radius 2 is 1.68 bits per heavy atom. The molecule has 0 heterocycles. The third-order valence-corrected chi connectivity index (χ3v) is 3.34. The van der Waals surface area contributed by atoms with Gasteiger partial charge in [-0.25, -0.2) is 8.78 Å². The van der Waals surface area contributed by atoms with Crippen LogP contribution in [-0.2, 0) is 6.54 Å². The van der Waals surface area contributed by atoms with Gasteiger partial charge in [-0.2, -0.15) is 0 Å². The Labute approximate surface area is 116 Å². The Kier molecular flexibility index (Phi) is 4.51. The first-order valence-electron chi connectivity index (χ1n) is 5.99. The van der Waals surface area contributed by atoms with Gasteiger partial charge in [0.2, 0.25) is 0 Å². The Hall–Kier alpha value is -1.45. The molecule has 0 aliphatic rings. The van der Waals surface area contributed by atoms with Gasteiger partial charge in [0.05, 0.1) is 0 Å². The number of halogens is 3. The van der Waals surface area contributed by atoms with Crippen molar-refractivity contribution < 1.29 is 8.78 Å². The molecule has 0 saturated carbocycles. The lowest BCUT2D eigenvalue weighted by Gasteiger charge is -2.15. The van der Waals surface area contributed by atoms with E-state index in [0.717, 1.165) is 11.1 Å². The molecule has 0 aromatic heterocycles. The first kappa shape index (κ1) is 14.0. The molecule has 1 nitrogen and oxygen atoms in total. The van der Waals surface area contributed by atoms with Crippen LogP contribution >= 0.6 is 11.6 Å². The second-order valence-electron chi connectivity index (χ2n) is 4.39. The van der Waals surface area contributed by atoms with E-state index in [1.54, 1.807) is 18.2 Å². The summed E-state index contributed by atoms with van der Waals surface area (Å²) >= 11 is 5.95. The van der Waals surface area contributed by atoms with E-state index in [9.17, 15) is 8.78 Å². The van der Waals surface area contributed by atoms with Crippen LogP contribution in [0.4, 0.5) is 8.78 Å². The van der Waals surface area contributed by atoms with Crippen LogP contribution in [0.1, 0.15) is 24.1 Å². The molecular formula is C15H14ClF2N. The number of benzene rings is 2. The van der Waals surface area contributed by atoms with E-state index >= 15 is 0 Å². The second-order valence-corrected chi connectivity index (χ2v) is 4.80. The predicted octanol–water partition coefficient (Wildman–Crippen LogP) is 4.47. The molecule has 19 heavy (non-hydrogen) atoms. The van der Waals surface area contributed by atoms with Crippen molar-refractivity contribution in [2.75, 3.05) is 0 Å². The van der Waals surface area contributed by atoms with Gasteiger partial charge in [0.25, 0.3) is 0 Å². The minimum atomic E-state index is -0.347. The molecule has 2 rings (SSSR count). The minimum absolute atomic E-state index is 0.0571. The fourth-order valence-electron chi connectivity index (χ4n) is 1.80. The van der Waals surface area contributed by atoms with Crippen molar-refractivity contribution in [2.24, 2.45) is 0 Å². The van der Waals surface area contributed by atoms with Crippen LogP contribution in [0.3, 0.4) is 0 Å². The van der Waals surface area contributed by atoms with Gasteiger partial charge >= 0.3 is 0 Å². The molecule has 1 atom stereocenters. The van der Waals surface area contributed by atoms with Crippen LogP contribution in [0, 0.1) is 11.6 Å². The topological polar surface area (TPSA) is 12.0 Å². The lowest BCUT2D eigenvalue weighted by molar-refractivity contribution is 0.569. The molecule has 0 aliphatic heterocycles. The van der Waals surface area contributed by atoms with Crippen LogP contribution in [0.5, 0.6) is 0 Å². The molecule has 0 aliphatic carbocycles. The summed E-state index contributed by atoms with van der Waals surface area (Å²) in [6.45, 7) is 2.50. The van der Waals surface area contributed by atoms with Gasteiger partial charge in [-0.3, -0.25) is 0 Å². The van der Waals surface area contributed by atoms with Crippen molar-refractivity contribution in [1.82, 2.24) is 5.32 Å². The zero-order chi connectivity index (χ0) is 13.8. The van der Waals surface area contributed by atoms with Crippen molar-refractivity contribution in [3.8, 4) is 0 Å². The Morgan fingerprint density at radius 1 is 1.05 bits per heavy atom. The first-order valence-corrected chi connectivity index (χ1v) is 6.37. The summed E-state index contributed by atoms with van der Waals surface area (Å²) in [5, 5.41) is 3.67. The van der Waals surface area contributed by atoms with Gasteiger partial charge < -0.3 is 5.32 Å². The average Bonchev–Trinajstić information content (AvgIpc) is 2.38. The monoisotopic (exact) mass is 281 g/mol. The highest BCUT2D eigenvalue weighted by atomic mass is 35.5. The SMILES string of the molecule is CC(NCc1ccc(F)cc1Cl)c1ccc(F)cc1. The van der Waals surface area contributed by atoms with E-state index in [0.29, 0.717) is 11.6 Å². The number of rotatable bonds is 4. The van der Waals surface area contributed by atoms with Gasteiger partial charge in [-0.1, -0.05) is 29.8 Å². The van der Waals surface area contributed by atoms with E-state index in [1.165, 1.54) is 24.3 Å². The fourth-order valence-corrected chi connectivity index (χ4v) is 2.03. The van der Waals surface area contributed by atoms with E-state index in [2.05, 4.69) is 5.32 Å². The van der Waals surface area contributed by atoms with Crippen molar-refractivity contribution in [3.63, 3.8) is 0 Å². The fraction of sp³-hybridized carbons (Fsp3) is 0.200. The van der Waals surface area contributed by atoms with Crippen LogP contribution in [0.2, 0.25) is 5.02 Å². The summed E-state index contributed by atoms with van der Waals surface area (Å²) in [5.74, 6) is -0.599. The molecule has 0 saturated heterocycles. The molecule has 100 valence electrons. The Bertz CT molecular complexity index is 555. The molecule has 0 spiro atoms. The van der Waals surface area contributed by atoms with Crippen LogP contribution < -0.4 is 5.32 Å². The molecular weight excluding hydrogens is 268 g/mol. The first-order chi connectivity index (χ1) is 9.06. The number of hydrogen-bond donors (Lipinski definition) is 1. The summed E-state index contributed by atoms with van der Waals surface area (Å²) in [7, 11) is 0. The Balaban J connectivity index is 2.00. The largest absolute Gasteiger partial charge is 0.306 e. The van der Waals surface area contributed by atoms with Gasteiger partial charge in [0, 0.05) is 17.6 Å². The third kappa shape index (κ3) is 3.75. The summed E-state index contributed by atoms with van der Waals surface area (Å²) in [4.78, 5) is 0. The van der Waals surface area contributed by atoms with Crippen LogP contribution in [0.15, 0.2) is 42.5 Å². The van der Waals surface area contributed by atoms with Crippen LogP contribution in [0.25, 0.3) is 0 Å². The maximum atomic E-state index is 12.9. The van der Waals surface area contributed by atoms with E-state index in [-0.39, 0.29) is 17.7 Å². The summed E-state index contributed by atoms with van der Waals surface area (Å²) in [5.41, 5.74) is 1.82. The van der Waals surface area contributed by atoms with Gasteiger partial charge in [0.15, 0.2) is 0 Å². The molecule has 1 N–H and O–H groups in total.